The van der Waals surface area contributed by atoms with Crippen molar-refractivity contribution in [1.82, 2.24) is 14.5 Å². The van der Waals surface area contributed by atoms with Crippen molar-refractivity contribution in [2.45, 2.75) is 12.5 Å². The second-order valence-electron chi connectivity index (χ2n) is 8.65. The third-order valence-corrected chi connectivity index (χ3v) is 6.15. The molecule has 0 bridgehead atoms. The molecule has 0 fully saturated rings. The summed E-state index contributed by atoms with van der Waals surface area (Å²) in [5.41, 5.74) is 10.3. The van der Waals surface area contributed by atoms with Crippen molar-refractivity contribution in [1.29, 1.82) is 0 Å². The van der Waals surface area contributed by atoms with Crippen molar-refractivity contribution in [2.75, 3.05) is 11.9 Å². The first kappa shape index (κ1) is 25.1. The van der Waals surface area contributed by atoms with Crippen LogP contribution in [-0.4, -0.2) is 27.1 Å². The van der Waals surface area contributed by atoms with Gasteiger partial charge in [-0.05, 0) is 46.5 Å². The highest BCUT2D eigenvalue weighted by Gasteiger charge is 2.19. The smallest absolute Gasteiger partial charge is 0.263 e. The number of anilines is 1. The Labute approximate surface area is 216 Å². The van der Waals surface area contributed by atoms with Crippen LogP contribution in [0.15, 0.2) is 102 Å². The summed E-state index contributed by atoms with van der Waals surface area (Å²) in [4.78, 5) is 22.7. The number of nitrogens with two attached hydrogens (primary N) is 1. The molecule has 0 aliphatic rings. The lowest BCUT2D eigenvalue weighted by molar-refractivity contribution is 0.688. The largest absolute Gasteiger partial charge is 0.354 e. The van der Waals surface area contributed by atoms with Gasteiger partial charge in [0.25, 0.3) is 5.56 Å². The van der Waals surface area contributed by atoms with Crippen LogP contribution in [0.3, 0.4) is 0 Å². The molecule has 3 N–H and O–H groups in total. The van der Waals surface area contributed by atoms with Crippen LogP contribution in [0.1, 0.15) is 5.56 Å². The fraction of sp³-hybridized carbons (Fsp3) is 0.138. The van der Waals surface area contributed by atoms with Crippen molar-refractivity contribution in [3.63, 3.8) is 0 Å². The van der Waals surface area contributed by atoms with Gasteiger partial charge in [0, 0.05) is 37.6 Å². The average Bonchev–Trinajstić information content (AvgIpc) is 2.90. The van der Waals surface area contributed by atoms with Crippen molar-refractivity contribution >= 4 is 29.1 Å². The molecule has 2 aromatic heterocycles. The zero-order chi connectivity index (χ0) is 24.2. The molecule has 36 heavy (non-hydrogen) atoms. The Morgan fingerprint density at radius 1 is 0.889 bits per heavy atom. The quantitative estimate of drug-likeness (QED) is 0.328. The van der Waals surface area contributed by atoms with E-state index < -0.39 is 0 Å². The molecule has 3 aromatic carbocycles. The average molecular weight is 498 g/mol. The Balaban J connectivity index is 0.00000304. The molecule has 1 atom stereocenters. The van der Waals surface area contributed by atoms with Crippen molar-refractivity contribution in [3.05, 3.63) is 113 Å². The molecule has 0 saturated heterocycles. The summed E-state index contributed by atoms with van der Waals surface area (Å²) in [5.74, 6) is 0.481. The summed E-state index contributed by atoms with van der Waals surface area (Å²) in [5, 5.41) is 5.50. The number of pyridine rings is 1. The molecule has 5 aromatic rings. The zero-order valence-electron chi connectivity index (χ0n) is 20.0. The first-order valence-electron chi connectivity index (χ1n) is 11.6. The van der Waals surface area contributed by atoms with Gasteiger partial charge >= 0.3 is 0 Å². The minimum atomic E-state index is -0.126. The molecule has 0 radical (unpaired) electrons. The molecule has 0 amide bonds. The van der Waals surface area contributed by atoms with Crippen LogP contribution in [0, 0.1) is 0 Å². The van der Waals surface area contributed by atoms with E-state index in [9.17, 15) is 4.79 Å². The van der Waals surface area contributed by atoms with Crippen LogP contribution >= 0.6 is 12.4 Å². The first-order valence-corrected chi connectivity index (χ1v) is 11.6. The number of halogens is 1. The van der Waals surface area contributed by atoms with E-state index in [4.69, 9.17) is 10.7 Å². The van der Waals surface area contributed by atoms with Crippen LogP contribution in [0.2, 0.25) is 0 Å². The van der Waals surface area contributed by atoms with Crippen LogP contribution in [-0.2, 0) is 13.5 Å². The molecule has 0 spiro atoms. The molecule has 2 heterocycles. The van der Waals surface area contributed by atoms with Gasteiger partial charge in [-0.1, -0.05) is 66.7 Å². The maximum Gasteiger partial charge on any atom is 0.263 e. The topological polar surface area (TPSA) is 85.8 Å². The lowest BCUT2D eigenvalue weighted by Gasteiger charge is -2.18. The lowest BCUT2D eigenvalue weighted by Crippen LogP contribution is -2.34. The second kappa shape index (κ2) is 11.2. The number of aromatic nitrogens is 3. The van der Waals surface area contributed by atoms with Crippen LogP contribution < -0.4 is 16.6 Å². The maximum atomic E-state index is 13.7. The predicted molar refractivity (Wildman–Crippen MR) is 150 cm³/mol. The normalized spacial score (nSPS) is 11.6. The molecule has 182 valence electrons. The predicted octanol–water partition coefficient (Wildman–Crippen LogP) is 5.07. The van der Waals surface area contributed by atoms with E-state index in [0.717, 1.165) is 28.3 Å². The van der Waals surface area contributed by atoms with Gasteiger partial charge in [0.2, 0.25) is 5.95 Å². The maximum absolute atomic E-state index is 13.7. The van der Waals surface area contributed by atoms with Crippen LogP contribution in [0.25, 0.3) is 33.2 Å². The van der Waals surface area contributed by atoms with Gasteiger partial charge in [0.05, 0.1) is 11.3 Å². The molecule has 6 nitrogen and oxygen atoms in total. The Morgan fingerprint density at radius 3 is 2.33 bits per heavy atom. The molecular formula is C29H28ClN5O. The van der Waals surface area contributed by atoms with E-state index in [0.29, 0.717) is 23.8 Å². The summed E-state index contributed by atoms with van der Waals surface area (Å²) in [6.45, 7) is 0.486. The Bertz CT molecular complexity index is 1520. The fourth-order valence-electron chi connectivity index (χ4n) is 4.30. The fourth-order valence-corrected chi connectivity index (χ4v) is 4.30. The number of benzene rings is 3. The summed E-state index contributed by atoms with van der Waals surface area (Å²) in [6, 6.07) is 27.9. The number of nitrogens with one attached hydrogen (secondary N) is 1. The van der Waals surface area contributed by atoms with Gasteiger partial charge in [-0.3, -0.25) is 14.3 Å². The minimum Gasteiger partial charge on any atom is -0.354 e. The van der Waals surface area contributed by atoms with E-state index in [1.54, 1.807) is 24.0 Å². The van der Waals surface area contributed by atoms with Gasteiger partial charge in [0.1, 0.15) is 0 Å². The van der Waals surface area contributed by atoms with Gasteiger partial charge < -0.3 is 11.1 Å². The minimum absolute atomic E-state index is 0. The third-order valence-electron chi connectivity index (χ3n) is 6.15. The number of nitrogens with zero attached hydrogens (tertiary/aromatic N) is 3. The summed E-state index contributed by atoms with van der Waals surface area (Å²) < 4.78 is 1.56. The highest BCUT2D eigenvalue weighted by molar-refractivity contribution is 5.90. The summed E-state index contributed by atoms with van der Waals surface area (Å²) in [7, 11) is 1.74. The lowest BCUT2D eigenvalue weighted by atomic mass is 9.98. The van der Waals surface area contributed by atoms with E-state index in [1.165, 1.54) is 5.56 Å². The van der Waals surface area contributed by atoms with E-state index in [1.807, 2.05) is 66.7 Å². The first-order chi connectivity index (χ1) is 17.1. The van der Waals surface area contributed by atoms with Gasteiger partial charge in [-0.2, -0.15) is 0 Å². The number of hydrogen-bond acceptors (Lipinski definition) is 5. The SMILES string of the molecule is Cl.Cn1c(NC[C@@H](N)Cc2ccccc2)nc(-c2ccncc2)c(-c2ccc3ccccc3c2)c1=O. The Morgan fingerprint density at radius 2 is 1.58 bits per heavy atom. The van der Waals surface area contributed by atoms with E-state index in [2.05, 4.69) is 28.5 Å². The standard InChI is InChI=1S/C29H27N5O.ClH/c1-34-28(35)26(24-12-11-21-9-5-6-10-23(21)18-24)27(22-13-15-31-16-14-22)33-29(34)32-19-25(30)17-20-7-3-2-4-8-20;/h2-16,18,25H,17,19,30H2,1H3,(H,32,33);1H/t25-;/m0./s1. The van der Waals surface area contributed by atoms with Gasteiger partial charge in [-0.25, -0.2) is 4.98 Å². The van der Waals surface area contributed by atoms with Crippen molar-refractivity contribution < 1.29 is 0 Å². The molecule has 0 aliphatic heterocycles. The van der Waals surface area contributed by atoms with Crippen LogP contribution in [0.4, 0.5) is 5.95 Å². The van der Waals surface area contributed by atoms with Crippen molar-refractivity contribution in [3.8, 4) is 22.4 Å². The van der Waals surface area contributed by atoms with Crippen LogP contribution in [0.5, 0.6) is 0 Å². The summed E-state index contributed by atoms with van der Waals surface area (Å²) in [6.07, 6.45) is 4.15. The van der Waals surface area contributed by atoms with Gasteiger partial charge in [0.15, 0.2) is 0 Å². The molecule has 0 saturated carbocycles. The molecule has 5 rings (SSSR count). The van der Waals surface area contributed by atoms with Gasteiger partial charge in [-0.15, -0.1) is 12.4 Å². The van der Waals surface area contributed by atoms with E-state index in [-0.39, 0.29) is 24.0 Å². The summed E-state index contributed by atoms with van der Waals surface area (Å²) >= 11 is 0. The molecular weight excluding hydrogens is 470 g/mol. The van der Waals surface area contributed by atoms with Crippen molar-refractivity contribution in [2.24, 2.45) is 12.8 Å². The zero-order valence-corrected chi connectivity index (χ0v) is 20.8. The number of rotatable bonds is 7. The number of hydrogen-bond donors (Lipinski definition) is 2. The molecule has 7 heteroatoms. The highest BCUT2D eigenvalue weighted by Crippen LogP contribution is 2.30. The number of fused-ring (bicyclic) bond motifs is 1. The Hall–Kier alpha value is -4.00. The van der Waals surface area contributed by atoms with E-state index >= 15 is 0 Å². The Kier molecular flexibility index (Phi) is 7.78. The molecule has 0 aliphatic carbocycles. The highest BCUT2D eigenvalue weighted by atomic mass is 35.5. The molecule has 0 unspecified atom stereocenters. The third kappa shape index (κ3) is 5.30. The monoisotopic (exact) mass is 497 g/mol. The second-order valence-corrected chi connectivity index (χ2v) is 8.65.